The van der Waals surface area contributed by atoms with E-state index in [0.717, 1.165) is 11.1 Å². The van der Waals surface area contributed by atoms with E-state index >= 15 is 0 Å². The molecule has 0 spiro atoms. The largest absolute Gasteiger partial charge is 0.495 e. The van der Waals surface area contributed by atoms with Crippen LogP contribution in [0, 0.1) is 13.8 Å². The van der Waals surface area contributed by atoms with Gasteiger partial charge < -0.3 is 14.8 Å². The number of aryl methyl sites for hydroxylation is 2. The molecule has 0 saturated heterocycles. The van der Waals surface area contributed by atoms with Crippen molar-refractivity contribution in [2.45, 2.75) is 13.8 Å². The van der Waals surface area contributed by atoms with E-state index in [-0.39, 0.29) is 12.5 Å². The lowest BCUT2D eigenvalue weighted by molar-refractivity contribution is -0.118. The molecule has 110 valence electrons. The number of hydrogen-bond donors (Lipinski definition) is 1. The van der Waals surface area contributed by atoms with Gasteiger partial charge in [0.15, 0.2) is 6.61 Å². The third-order valence-corrected chi connectivity index (χ3v) is 2.95. The molecular formula is C17H19NO3. The highest BCUT2D eigenvalue weighted by molar-refractivity contribution is 5.93. The molecule has 0 aliphatic rings. The Morgan fingerprint density at radius 1 is 1.10 bits per heavy atom. The lowest BCUT2D eigenvalue weighted by Gasteiger charge is -2.11. The predicted molar refractivity (Wildman–Crippen MR) is 83.0 cm³/mol. The van der Waals surface area contributed by atoms with E-state index in [4.69, 9.17) is 9.47 Å². The van der Waals surface area contributed by atoms with Gasteiger partial charge in [0.2, 0.25) is 0 Å². The number of benzene rings is 2. The standard InChI is InChI=1S/C17H19NO3/c1-12-8-13(2)10-14(9-12)21-11-17(19)18-15-6-4-5-7-16(15)20-3/h4-10H,11H2,1-3H3,(H,18,19). The van der Waals surface area contributed by atoms with Crippen molar-refractivity contribution in [1.82, 2.24) is 0 Å². The van der Waals surface area contributed by atoms with Crippen LogP contribution in [-0.2, 0) is 4.79 Å². The zero-order valence-electron chi connectivity index (χ0n) is 12.5. The molecule has 0 fully saturated rings. The van der Waals surface area contributed by atoms with Crippen molar-refractivity contribution < 1.29 is 14.3 Å². The van der Waals surface area contributed by atoms with Crippen molar-refractivity contribution in [1.29, 1.82) is 0 Å². The van der Waals surface area contributed by atoms with Crippen molar-refractivity contribution >= 4 is 11.6 Å². The van der Waals surface area contributed by atoms with Gasteiger partial charge >= 0.3 is 0 Å². The molecule has 0 bridgehead atoms. The number of carbonyl (C=O) groups excluding carboxylic acids is 1. The summed E-state index contributed by atoms with van der Waals surface area (Å²) in [6, 6.07) is 13.1. The number of rotatable bonds is 5. The Morgan fingerprint density at radius 2 is 1.76 bits per heavy atom. The van der Waals surface area contributed by atoms with Crippen molar-refractivity contribution in [3.8, 4) is 11.5 Å². The highest BCUT2D eigenvalue weighted by Crippen LogP contribution is 2.23. The van der Waals surface area contributed by atoms with E-state index in [2.05, 4.69) is 11.4 Å². The molecule has 0 aromatic heterocycles. The summed E-state index contributed by atoms with van der Waals surface area (Å²) in [5, 5.41) is 2.77. The molecule has 2 aromatic carbocycles. The number of anilines is 1. The minimum Gasteiger partial charge on any atom is -0.495 e. The fraction of sp³-hybridized carbons (Fsp3) is 0.235. The van der Waals surface area contributed by atoms with Gasteiger partial charge in [0.25, 0.3) is 5.91 Å². The Balaban J connectivity index is 1.96. The second kappa shape index (κ2) is 6.79. The molecule has 0 atom stereocenters. The molecule has 0 aliphatic heterocycles. The number of amides is 1. The number of methoxy groups -OCH3 is 1. The van der Waals surface area contributed by atoms with Gasteiger partial charge in [0.05, 0.1) is 12.8 Å². The summed E-state index contributed by atoms with van der Waals surface area (Å²) in [6.07, 6.45) is 0. The van der Waals surface area contributed by atoms with E-state index in [9.17, 15) is 4.79 Å². The number of hydrogen-bond acceptors (Lipinski definition) is 3. The zero-order valence-corrected chi connectivity index (χ0v) is 12.5. The lowest BCUT2D eigenvalue weighted by Crippen LogP contribution is -2.20. The summed E-state index contributed by atoms with van der Waals surface area (Å²) >= 11 is 0. The first-order valence-electron chi connectivity index (χ1n) is 6.72. The molecule has 4 heteroatoms. The van der Waals surface area contributed by atoms with Gasteiger partial charge in [-0.1, -0.05) is 18.2 Å². The van der Waals surface area contributed by atoms with Crippen LogP contribution < -0.4 is 14.8 Å². The van der Waals surface area contributed by atoms with E-state index in [1.54, 1.807) is 19.2 Å². The molecular weight excluding hydrogens is 266 g/mol. The topological polar surface area (TPSA) is 47.6 Å². The first-order chi connectivity index (χ1) is 10.1. The van der Waals surface area contributed by atoms with Gasteiger partial charge in [-0.2, -0.15) is 0 Å². The second-order valence-corrected chi connectivity index (χ2v) is 4.86. The molecule has 0 aliphatic carbocycles. The quantitative estimate of drug-likeness (QED) is 0.916. The Morgan fingerprint density at radius 3 is 2.43 bits per heavy atom. The van der Waals surface area contributed by atoms with E-state index in [0.29, 0.717) is 17.2 Å². The van der Waals surface area contributed by atoms with Gasteiger partial charge in [-0.05, 0) is 49.2 Å². The van der Waals surface area contributed by atoms with Crippen LogP contribution in [0.1, 0.15) is 11.1 Å². The van der Waals surface area contributed by atoms with Crippen LogP contribution in [0.4, 0.5) is 5.69 Å². The third kappa shape index (κ3) is 4.24. The maximum Gasteiger partial charge on any atom is 0.262 e. The molecule has 1 amide bonds. The summed E-state index contributed by atoms with van der Waals surface area (Å²) in [5.41, 5.74) is 2.85. The fourth-order valence-electron chi connectivity index (χ4n) is 2.10. The monoisotopic (exact) mass is 285 g/mol. The first-order valence-corrected chi connectivity index (χ1v) is 6.72. The van der Waals surface area contributed by atoms with E-state index < -0.39 is 0 Å². The highest BCUT2D eigenvalue weighted by Gasteiger charge is 2.08. The SMILES string of the molecule is COc1ccccc1NC(=O)COc1cc(C)cc(C)c1. The van der Waals surface area contributed by atoms with Crippen molar-refractivity contribution in [3.05, 3.63) is 53.6 Å². The van der Waals surface area contributed by atoms with E-state index in [1.165, 1.54) is 0 Å². The molecule has 1 N–H and O–H groups in total. The number of nitrogens with one attached hydrogen (secondary N) is 1. The average molecular weight is 285 g/mol. The third-order valence-electron chi connectivity index (χ3n) is 2.95. The highest BCUT2D eigenvalue weighted by atomic mass is 16.5. The number of para-hydroxylation sites is 2. The van der Waals surface area contributed by atoms with Crippen LogP contribution in [0.25, 0.3) is 0 Å². The van der Waals surface area contributed by atoms with Crippen molar-refractivity contribution in [3.63, 3.8) is 0 Å². The minimum absolute atomic E-state index is 0.0407. The first kappa shape index (κ1) is 14.9. The normalized spacial score (nSPS) is 10.0. The molecule has 2 aromatic rings. The van der Waals surface area contributed by atoms with Gasteiger partial charge in [-0.15, -0.1) is 0 Å². The Labute approximate surface area is 124 Å². The van der Waals surface area contributed by atoms with Crippen molar-refractivity contribution in [2.75, 3.05) is 19.0 Å². The number of ether oxygens (including phenoxy) is 2. The van der Waals surface area contributed by atoms with Crippen LogP contribution >= 0.6 is 0 Å². The van der Waals surface area contributed by atoms with Crippen LogP contribution in [-0.4, -0.2) is 19.6 Å². The molecule has 0 saturated carbocycles. The smallest absolute Gasteiger partial charge is 0.262 e. The fourth-order valence-corrected chi connectivity index (χ4v) is 2.10. The summed E-state index contributed by atoms with van der Waals surface area (Å²) in [7, 11) is 1.57. The molecule has 21 heavy (non-hydrogen) atoms. The maximum atomic E-state index is 11.9. The second-order valence-electron chi connectivity index (χ2n) is 4.86. The molecule has 0 radical (unpaired) electrons. The summed E-state index contributed by atoms with van der Waals surface area (Å²) in [5.74, 6) is 1.10. The van der Waals surface area contributed by atoms with Crippen molar-refractivity contribution in [2.24, 2.45) is 0 Å². The summed E-state index contributed by atoms with van der Waals surface area (Å²) in [4.78, 5) is 11.9. The maximum absolute atomic E-state index is 11.9. The summed E-state index contributed by atoms with van der Waals surface area (Å²) in [6.45, 7) is 3.95. The molecule has 0 heterocycles. The van der Waals surface area contributed by atoms with Gasteiger partial charge in [-0.25, -0.2) is 0 Å². The van der Waals surface area contributed by atoms with Crippen LogP contribution in [0.3, 0.4) is 0 Å². The predicted octanol–water partition coefficient (Wildman–Crippen LogP) is 3.33. The van der Waals surface area contributed by atoms with Gasteiger partial charge in [0.1, 0.15) is 11.5 Å². The van der Waals surface area contributed by atoms with Gasteiger partial charge in [0, 0.05) is 0 Å². The summed E-state index contributed by atoms with van der Waals surface area (Å²) < 4.78 is 10.7. The van der Waals surface area contributed by atoms with Crippen LogP contribution in [0.5, 0.6) is 11.5 Å². The molecule has 4 nitrogen and oxygen atoms in total. The average Bonchev–Trinajstić information content (AvgIpc) is 2.45. The Hall–Kier alpha value is -2.49. The Kier molecular flexibility index (Phi) is 4.82. The van der Waals surface area contributed by atoms with Crippen LogP contribution in [0.15, 0.2) is 42.5 Å². The Bertz CT molecular complexity index is 617. The zero-order chi connectivity index (χ0) is 15.2. The van der Waals surface area contributed by atoms with Gasteiger partial charge in [-0.3, -0.25) is 4.79 Å². The minimum atomic E-state index is -0.223. The molecule has 2 rings (SSSR count). The number of carbonyl (C=O) groups is 1. The van der Waals surface area contributed by atoms with E-state index in [1.807, 2.05) is 38.1 Å². The molecule has 0 unspecified atom stereocenters. The van der Waals surface area contributed by atoms with Crippen LogP contribution in [0.2, 0.25) is 0 Å². The lowest BCUT2D eigenvalue weighted by atomic mass is 10.1.